The number of benzene rings is 2. The fourth-order valence-corrected chi connectivity index (χ4v) is 2.72. The van der Waals surface area contributed by atoms with Crippen LogP contribution in [-0.4, -0.2) is 15.1 Å². The van der Waals surface area contributed by atoms with Gasteiger partial charge >= 0.3 is 0 Å². The average Bonchev–Trinajstić information content (AvgIpc) is 2.63. The Morgan fingerprint density at radius 3 is 2.48 bits per heavy atom. The Morgan fingerprint density at radius 1 is 0.739 bits per heavy atom. The summed E-state index contributed by atoms with van der Waals surface area (Å²) in [5.74, 6) is 0.189. The molecule has 0 amide bonds. The summed E-state index contributed by atoms with van der Waals surface area (Å²) < 4.78 is 0. The summed E-state index contributed by atoms with van der Waals surface area (Å²) >= 11 is 0. The number of pyridine rings is 2. The van der Waals surface area contributed by atoms with Crippen molar-refractivity contribution >= 4 is 10.9 Å². The molecule has 0 bridgehead atoms. The Bertz CT molecular complexity index is 981. The smallest absolute Gasteiger partial charge is 0.141 e. The summed E-state index contributed by atoms with van der Waals surface area (Å²) in [4.78, 5) is 9.17. The van der Waals surface area contributed by atoms with Crippen molar-refractivity contribution in [2.24, 2.45) is 0 Å². The summed E-state index contributed by atoms with van der Waals surface area (Å²) in [6, 6.07) is 23.3. The summed E-state index contributed by atoms with van der Waals surface area (Å²) in [5, 5.41) is 11.0. The Kier molecular flexibility index (Phi) is 3.24. The lowest BCUT2D eigenvalue weighted by molar-refractivity contribution is 0.480. The second kappa shape index (κ2) is 5.54. The first-order valence-corrected chi connectivity index (χ1v) is 7.42. The Balaban J connectivity index is 1.94. The van der Waals surface area contributed by atoms with E-state index in [0.29, 0.717) is 5.52 Å². The SMILES string of the molecule is Oc1cccc2ccc(-c3cccnc3-c3ccccc3)nc12. The molecule has 0 aliphatic carbocycles. The van der Waals surface area contributed by atoms with Gasteiger partial charge in [-0.3, -0.25) is 4.98 Å². The Morgan fingerprint density at radius 2 is 1.61 bits per heavy atom. The molecule has 110 valence electrons. The van der Waals surface area contributed by atoms with Crippen LogP contribution in [0.5, 0.6) is 5.75 Å². The predicted molar refractivity (Wildman–Crippen MR) is 92.1 cm³/mol. The molecule has 3 heteroatoms. The molecule has 0 aliphatic heterocycles. The molecule has 0 atom stereocenters. The summed E-state index contributed by atoms with van der Waals surface area (Å²) in [6.07, 6.45) is 1.78. The van der Waals surface area contributed by atoms with E-state index in [2.05, 4.69) is 9.97 Å². The minimum atomic E-state index is 0.189. The Labute approximate surface area is 133 Å². The first-order valence-electron chi connectivity index (χ1n) is 7.42. The van der Waals surface area contributed by atoms with Crippen molar-refractivity contribution in [2.75, 3.05) is 0 Å². The van der Waals surface area contributed by atoms with E-state index in [1.165, 1.54) is 0 Å². The van der Waals surface area contributed by atoms with E-state index < -0.39 is 0 Å². The topological polar surface area (TPSA) is 46.0 Å². The number of para-hydroxylation sites is 1. The van der Waals surface area contributed by atoms with E-state index in [0.717, 1.165) is 27.9 Å². The van der Waals surface area contributed by atoms with E-state index >= 15 is 0 Å². The van der Waals surface area contributed by atoms with Crippen LogP contribution in [0, 0.1) is 0 Å². The van der Waals surface area contributed by atoms with Gasteiger partial charge in [0, 0.05) is 22.7 Å². The van der Waals surface area contributed by atoms with Crippen LogP contribution in [0.4, 0.5) is 0 Å². The van der Waals surface area contributed by atoms with E-state index in [4.69, 9.17) is 0 Å². The van der Waals surface area contributed by atoms with Crippen LogP contribution < -0.4 is 0 Å². The molecule has 0 fully saturated rings. The van der Waals surface area contributed by atoms with Gasteiger partial charge in [0.1, 0.15) is 11.3 Å². The van der Waals surface area contributed by atoms with E-state index in [9.17, 15) is 5.11 Å². The first-order chi connectivity index (χ1) is 11.3. The summed E-state index contributed by atoms with van der Waals surface area (Å²) in [7, 11) is 0. The van der Waals surface area contributed by atoms with Gasteiger partial charge in [0.25, 0.3) is 0 Å². The quantitative estimate of drug-likeness (QED) is 0.585. The van der Waals surface area contributed by atoms with Crippen molar-refractivity contribution in [2.45, 2.75) is 0 Å². The minimum absolute atomic E-state index is 0.189. The molecule has 4 aromatic rings. The molecule has 0 saturated carbocycles. The fourth-order valence-electron chi connectivity index (χ4n) is 2.72. The number of aromatic nitrogens is 2. The lowest BCUT2D eigenvalue weighted by Crippen LogP contribution is -1.91. The highest BCUT2D eigenvalue weighted by atomic mass is 16.3. The average molecular weight is 298 g/mol. The van der Waals surface area contributed by atoms with Gasteiger partial charge in [0.05, 0.1) is 11.4 Å². The molecule has 2 aromatic carbocycles. The molecule has 2 aromatic heterocycles. The zero-order valence-electron chi connectivity index (χ0n) is 12.3. The van der Waals surface area contributed by atoms with Crippen molar-refractivity contribution in [1.29, 1.82) is 0 Å². The number of phenols is 1. The van der Waals surface area contributed by atoms with E-state index in [1.54, 1.807) is 12.3 Å². The van der Waals surface area contributed by atoms with E-state index in [1.807, 2.05) is 66.7 Å². The van der Waals surface area contributed by atoms with Crippen molar-refractivity contribution in [3.8, 4) is 28.3 Å². The van der Waals surface area contributed by atoms with Crippen LogP contribution in [0.25, 0.3) is 33.4 Å². The zero-order valence-corrected chi connectivity index (χ0v) is 12.3. The predicted octanol–water partition coefficient (Wildman–Crippen LogP) is 4.67. The van der Waals surface area contributed by atoms with Crippen LogP contribution in [0.1, 0.15) is 0 Å². The molecule has 0 aliphatic rings. The summed E-state index contributed by atoms with van der Waals surface area (Å²) in [6.45, 7) is 0. The van der Waals surface area contributed by atoms with Gasteiger partial charge in [0.2, 0.25) is 0 Å². The lowest BCUT2D eigenvalue weighted by atomic mass is 10.0. The van der Waals surface area contributed by atoms with Crippen LogP contribution in [0.3, 0.4) is 0 Å². The van der Waals surface area contributed by atoms with Gasteiger partial charge in [-0.1, -0.05) is 48.5 Å². The van der Waals surface area contributed by atoms with E-state index in [-0.39, 0.29) is 5.75 Å². The maximum atomic E-state index is 10.1. The number of rotatable bonds is 2. The lowest BCUT2D eigenvalue weighted by Gasteiger charge is -2.09. The number of phenolic OH excluding ortho intramolecular Hbond substituents is 1. The van der Waals surface area contributed by atoms with Crippen LogP contribution in [0.2, 0.25) is 0 Å². The van der Waals surface area contributed by atoms with Crippen molar-refractivity contribution in [1.82, 2.24) is 9.97 Å². The van der Waals surface area contributed by atoms with Gasteiger partial charge in [-0.2, -0.15) is 0 Å². The highest BCUT2D eigenvalue weighted by Gasteiger charge is 2.11. The first kappa shape index (κ1) is 13.5. The molecule has 3 nitrogen and oxygen atoms in total. The molecule has 0 saturated heterocycles. The maximum absolute atomic E-state index is 10.1. The molecule has 0 radical (unpaired) electrons. The van der Waals surface area contributed by atoms with Crippen LogP contribution >= 0.6 is 0 Å². The minimum Gasteiger partial charge on any atom is -0.506 e. The summed E-state index contributed by atoms with van der Waals surface area (Å²) in [5.41, 5.74) is 4.28. The van der Waals surface area contributed by atoms with Crippen molar-refractivity contribution in [3.63, 3.8) is 0 Å². The third-order valence-corrected chi connectivity index (χ3v) is 3.83. The number of aromatic hydroxyl groups is 1. The van der Waals surface area contributed by atoms with Gasteiger partial charge in [-0.05, 0) is 24.3 Å². The number of hydrogen-bond acceptors (Lipinski definition) is 3. The molecule has 2 heterocycles. The van der Waals surface area contributed by atoms with Gasteiger partial charge in [-0.15, -0.1) is 0 Å². The molecule has 0 unspecified atom stereocenters. The molecule has 1 N–H and O–H groups in total. The molecular weight excluding hydrogens is 284 g/mol. The van der Waals surface area contributed by atoms with Crippen molar-refractivity contribution < 1.29 is 5.11 Å². The monoisotopic (exact) mass is 298 g/mol. The highest BCUT2D eigenvalue weighted by molar-refractivity contribution is 5.88. The molecular formula is C20H14N2O. The maximum Gasteiger partial charge on any atom is 0.141 e. The third kappa shape index (κ3) is 2.42. The molecule has 4 rings (SSSR count). The molecule has 23 heavy (non-hydrogen) atoms. The van der Waals surface area contributed by atoms with Crippen molar-refractivity contribution in [3.05, 3.63) is 79.0 Å². The molecule has 0 spiro atoms. The fraction of sp³-hybridized carbons (Fsp3) is 0. The second-order valence-corrected chi connectivity index (χ2v) is 5.31. The largest absolute Gasteiger partial charge is 0.506 e. The highest BCUT2D eigenvalue weighted by Crippen LogP contribution is 2.31. The van der Waals surface area contributed by atoms with Gasteiger partial charge in [-0.25, -0.2) is 4.98 Å². The van der Waals surface area contributed by atoms with Gasteiger partial charge in [0.15, 0.2) is 0 Å². The van der Waals surface area contributed by atoms with Crippen LogP contribution in [-0.2, 0) is 0 Å². The zero-order chi connectivity index (χ0) is 15.6. The number of fused-ring (bicyclic) bond motifs is 1. The standard InChI is InChI=1S/C20H14N2O/c23-18-10-4-8-15-11-12-17(22-20(15)18)16-9-5-13-21-19(16)14-6-2-1-3-7-14/h1-13,23H. The number of hydrogen-bond donors (Lipinski definition) is 1. The Hall–Kier alpha value is -3.20. The third-order valence-electron chi connectivity index (χ3n) is 3.83. The van der Waals surface area contributed by atoms with Gasteiger partial charge < -0.3 is 5.11 Å². The number of nitrogens with zero attached hydrogens (tertiary/aromatic N) is 2. The normalized spacial score (nSPS) is 10.8. The second-order valence-electron chi connectivity index (χ2n) is 5.31. The van der Waals surface area contributed by atoms with Crippen LogP contribution in [0.15, 0.2) is 79.0 Å².